The molecule has 1 aliphatic heterocycles. The minimum atomic E-state index is -4.78. The van der Waals surface area contributed by atoms with Gasteiger partial charge in [0.1, 0.15) is 0 Å². The van der Waals surface area contributed by atoms with Crippen LogP contribution in [0.15, 0.2) is 0 Å². The highest BCUT2D eigenvalue weighted by atomic mass is 32.3. The second-order valence-electron chi connectivity index (χ2n) is 3.48. The standard InChI is InChI=1S/C6H8F3NO2S/c7-6(8)4-1-2-10(3-5(4)6)13(9,11)12/h4-5H,1-3H2. The predicted molar refractivity (Wildman–Crippen MR) is 38.1 cm³/mol. The first-order chi connectivity index (χ1) is 5.83. The molecular formula is C6H8F3NO2S. The van der Waals surface area contributed by atoms with Crippen molar-refractivity contribution in [1.29, 1.82) is 0 Å². The van der Waals surface area contributed by atoms with Crippen molar-refractivity contribution in [2.75, 3.05) is 13.1 Å². The largest absolute Gasteiger partial charge is 0.374 e. The van der Waals surface area contributed by atoms with Gasteiger partial charge in [-0.15, -0.1) is 0 Å². The van der Waals surface area contributed by atoms with Crippen LogP contribution in [0.5, 0.6) is 0 Å². The summed E-state index contributed by atoms with van der Waals surface area (Å²) in [7, 11) is -4.78. The van der Waals surface area contributed by atoms with Crippen LogP contribution in [0.2, 0.25) is 0 Å². The zero-order valence-corrected chi connectivity index (χ0v) is 7.40. The average molecular weight is 215 g/mol. The van der Waals surface area contributed by atoms with Crippen molar-refractivity contribution in [3.8, 4) is 0 Å². The number of hydrogen-bond donors (Lipinski definition) is 0. The van der Waals surface area contributed by atoms with Crippen molar-refractivity contribution < 1.29 is 21.1 Å². The van der Waals surface area contributed by atoms with Crippen LogP contribution >= 0.6 is 0 Å². The van der Waals surface area contributed by atoms with Crippen LogP contribution in [0.3, 0.4) is 0 Å². The predicted octanol–water partition coefficient (Wildman–Crippen LogP) is 0.788. The molecule has 0 bridgehead atoms. The number of hydrogen-bond acceptors (Lipinski definition) is 2. The Morgan fingerprint density at radius 2 is 1.92 bits per heavy atom. The minimum Gasteiger partial charge on any atom is -0.206 e. The van der Waals surface area contributed by atoms with Crippen LogP contribution < -0.4 is 0 Å². The van der Waals surface area contributed by atoms with Gasteiger partial charge in [0.05, 0.1) is 0 Å². The Bertz CT molecular complexity index is 329. The molecule has 0 N–H and O–H groups in total. The van der Waals surface area contributed by atoms with Gasteiger partial charge in [0.15, 0.2) is 0 Å². The number of rotatable bonds is 1. The van der Waals surface area contributed by atoms with E-state index in [-0.39, 0.29) is 19.5 Å². The Morgan fingerprint density at radius 3 is 2.38 bits per heavy atom. The maximum atomic E-state index is 12.7. The molecule has 13 heavy (non-hydrogen) atoms. The maximum absolute atomic E-state index is 12.7. The highest BCUT2D eigenvalue weighted by molar-refractivity contribution is 7.83. The first kappa shape index (κ1) is 9.26. The number of halogens is 3. The molecule has 1 aliphatic carbocycles. The molecule has 0 aromatic rings. The fraction of sp³-hybridized carbons (Fsp3) is 1.00. The van der Waals surface area contributed by atoms with Crippen LogP contribution in [-0.4, -0.2) is 31.7 Å². The molecule has 76 valence electrons. The first-order valence-electron chi connectivity index (χ1n) is 3.91. The molecule has 0 aromatic heterocycles. The van der Waals surface area contributed by atoms with Crippen LogP contribution in [-0.2, 0) is 10.4 Å². The summed E-state index contributed by atoms with van der Waals surface area (Å²) in [5.41, 5.74) is 0. The highest BCUT2D eigenvalue weighted by Crippen LogP contribution is 2.59. The van der Waals surface area contributed by atoms with Gasteiger partial charge >= 0.3 is 10.4 Å². The van der Waals surface area contributed by atoms with Crippen molar-refractivity contribution in [2.24, 2.45) is 11.8 Å². The van der Waals surface area contributed by atoms with E-state index in [0.717, 1.165) is 0 Å². The third-order valence-electron chi connectivity index (χ3n) is 2.76. The topological polar surface area (TPSA) is 37.4 Å². The lowest BCUT2D eigenvalue weighted by atomic mass is 10.2. The van der Waals surface area contributed by atoms with E-state index in [1.807, 2.05) is 0 Å². The zero-order valence-electron chi connectivity index (χ0n) is 6.58. The Morgan fingerprint density at radius 1 is 1.31 bits per heavy atom. The number of nitrogens with zero attached hydrogens (tertiary/aromatic N) is 1. The van der Waals surface area contributed by atoms with Crippen molar-refractivity contribution in [3.63, 3.8) is 0 Å². The fourth-order valence-corrected chi connectivity index (χ4v) is 2.56. The van der Waals surface area contributed by atoms with Crippen LogP contribution in [0, 0.1) is 11.8 Å². The smallest absolute Gasteiger partial charge is 0.206 e. The van der Waals surface area contributed by atoms with Gasteiger partial charge in [-0.2, -0.15) is 12.7 Å². The second kappa shape index (κ2) is 2.38. The fourth-order valence-electron chi connectivity index (χ4n) is 1.89. The van der Waals surface area contributed by atoms with E-state index >= 15 is 0 Å². The molecule has 2 atom stereocenters. The SMILES string of the molecule is O=S(=O)(F)N1CCC2C(C1)C2(F)F. The highest BCUT2D eigenvalue weighted by Gasteiger charge is 2.69. The molecule has 0 amide bonds. The van der Waals surface area contributed by atoms with Gasteiger partial charge in [-0.1, -0.05) is 3.89 Å². The van der Waals surface area contributed by atoms with E-state index in [9.17, 15) is 21.1 Å². The lowest BCUT2D eigenvalue weighted by molar-refractivity contribution is 0.0860. The van der Waals surface area contributed by atoms with Gasteiger partial charge in [0.25, 0.3) is 5.92 Å². The Balaban J connectivity index is 2.09. The van der Waals surface area contributed by atoms with Crippen LogP contribution in [0.1, 0.15) is 6.42 Å². The van der Waals surface area contributed by atoms with E-state index in [1.54, 1.807) is 0 Å². The van der Waals surface area contributed by atoms with E-state index in [2.05, 4.69) is 0 Å². The lowest BCUT2D eigenvalue weighted by Gasteiger charge is -2.19. The lowest BCUT2D eigenvalue weighted by Crippen LogP contribution is -2.34. The molecular weight excluding hydrogens is 207 g/mol. The Kier molecular flexibility index (Phi) is 1.70. The molecule has 1 saturated heterocycles. The third kappa shape index (κ3) is 1.34. The molecule has 1 heterocycles. The maximum Gasteiger partial charge on any atom is 0.374 e. The Labute approximate surface area is 73.9 Å². The summed E-state index contributed by atoms with van der Waals surface area (Å²) in [4.78, 5) is 0. The van der Waals surface area contributed by atoms with E-state index in [4.69, 9.17) is 0 Å². The van der Waals surface area contributed by atoms with Crippen molar-refractivity contribution in [2.45, 2.75) is 12.3 Å². The van der Waals surface area contributed by atoms with Crippen LogP contribution in [0.25, 0.3) is 0 Å². The van der Waals surface area contributed by atoms with Crippen molar-refractivity contribution in [1.82, 2.24) is 4.31 Å². The normalized spacial score (nSPS) is 38.4. The molecule has 2 rings (SSSR count). The summed E-state index contributed by atoms with van der Waals surface area (Å²) >= 11 is 0. The monoisotopic (exact) mass is 215 g/mol. The molecule has 7 heteroatoms. The van der Waals surface area contributed by atoms with Crippen molar-refractivity contribution >= 4 is 10.4 Å². The average Bonchev–Trinajstić information content (AvgIpc) is 2.53. The third-order valence-corrected chi connectivity index (χ3v) is 3.71. The van der Waals surface area contributed by atoms with E-state index in [0.29, 0.717) is 4.31 Å². The van der Waals surface area contributed by atoms with Gasteiger partial charge in [-0.05, 0) is 6.42 Å². The summed E-state index contributed by atoms with van der Waals surface area (Å²) < 4.78 is 59.0. The number of piperidine rings is 1. The molecule has 2 unspecified atom stereocenters. The summed E-state index contributed by atoms with van der Waals surface area (Å²) in [6.45, 7) is -0.508. The molecule has 0 spiro atoms. The van der Waals surface area contributed by atoms with Gasteiger partial charge < -0.3 is 0 Å². The molecule has 1 saturated carbocycles. The summed E-state index contributed by atoms with van der Waals surface area (Å²) in [5, 5.41) is 0. The summed E-state index contributed by atoms with van der Waals surface area (Å²) in [6, 6.07) is 0. The van der Waals surface area contributed by atoms with Gasteiger partial charge in [0.2, 0.25) is 0 Å². The van der Waals surface area contributed by atoms with E-state index in [1.165, 1.54) is 0 Å². The van der Waals surface area contributed by atoms with Gasteiger partial charge in [-0.3, -0.25) is 0 Å². The molecule has 2 aliphatic rings. The zero-order chi connectivity index (χ0) is 9.85. The quantitative estimate of drug-likeness (QED) is 0.606. The minimum absolute atomic E-state index is 0.0564. The first-order valence-corrected chi connectivity index (χ1v) is 5.25. The second-order valence-corrected chi connectivity index (χ2v) is 4.82. The molecule has 0 aromatic carbocycles. The van der Waals surface area contributed by atoms with Gasteiger partial charge in [-0.25, -0.2) is 8.78 Å². The number of fused-ring (bicyclic) bond motifs is 1. The summed E-state index contributed by atoms with van der Waals surface area (Å²) in [6.07, 6.45) is 0.0564. The van der Waals surface area contributed by atoms with Gasteiger partial charge in [0, 0.05) is 24.9 Å². The summed E-state index contributed by atoms with van der Waals surface area (Å²) in [5.74, 6) is -4.48. The van der Waals surface area contributed by atoms with Crippen molar-refractivity contribution in [3.05, 3.63) is 0 Å². The van der Waals surface area contributed by atoms with E-state index < -0.39 is 28.2 Å². The molecule has 2 fully saturated rings. The number of alkyl halides is 2. The Hall–Kier alpha value is -0.300. The molecule has 0 radical (unpaired) electrons. The molecule has 3 nitrogen and oxygen atoms in total. The van der Waals surface area contributed by atoms with Crippen LogP contribution in [0.4, 0.5) is 12.7 Å².